The Morgan fingerprint density at radius 2 is 1.76 bits per heavy atom. The molecule has 0 heterocycles. The molecule has 2 aliphatic rings. The minimum absolute atomic E-state index is 0.284. The van der Waals surface area contributed by atoms with Crippen LogP contribution in [0.5, 0.6) is 0 Å². The Morgan fingerprint density at radius 1 is 1.12 bits per heavy atom. The molecule has 0 radical (unpaired) electrons. The van der Waals surface area contributed by atoms with Gasteiger partial charge in [0.15, 0.2) is 0 Å². The third-order valence-electron chi connectivity index (χ3n) is 6.40. The number of benzene rings is 1. The monoisotopic (exact) mass is 388 g/mol. The van der Waals surface area contributed by atoms with Gasteiger partial charge >= 0.3 is 160 Å². The van der Waals surface area contributed by atoms with E-state index in [4.69, 9.17) is 0 Å². The molecule has 4 heteroatoms. The number of allylic oxidation sites excluding steroid dienone is 4. The second-order valence-electron chi connectivity index (χ2n) is 7.73. The average molecular weight is 388 g/mol. The third kappa shape index (κ3) is 3.65. The molecule has 2 nitrogen and oxygen atoms in total. The predicted octanol–water partition coefficient (Wildman–Crippen LogP) is 3.96. The van der Waals surface area contributed by atoms with Crippen LogP contribution in [-0.2, 0) is 22.2 Å². The molecule has 1 saturated carbocycles. The second-order valence-corrected chi connectivity index (χ2v) is 18.8. The van der Waals surface area contributed by atoms with E-state index >= 15 is 0 Å². The average Bonchev–Trinajstić information content (AvgIpc) is 2.75. The molecule has 133 valence electrons. The molecule has 0 spiro atoms. The van der Waals surface area contributed by atoms with Gasteiger partial charge in [-0.3, -0.25) is 0 Å². The van der Waals surface area contributed by atoms with E-state index in [1.165, 1.54) is 28.3 Å². The standard InChI is InChI=1S/C9H13.C7H9Si.C5H9NO.Ti/c1-6-5-7(2)9(4)8(6)3;1-8-7-5-3-2-4-6-7;6-5(7)4-2-1-3-4;/h6H,1-4H3;2-6,8H,1H3;4H,1-3H2,(H2,6,7);/q;;;+1/p-1. The SMILES string of the molecule is CC1=C(C)C(C)[C]([Ti]([NH]C(=O)C2CCC2)[SiH](C)c2ccccc2)=C1C. The molecule has 0 saturated heterocycles. The van der Waals surface area contributed by atoms with E-state index < -0.39 is 24.0 Å². The van der Waals surface area contributed by atoms with Crippen LogP contribution in [0.1, 0.15) is 47.0 Å². The van der Waals surface area contributed by atoms with Crippen molar-refractivity contribution in [3.8, 4) is 0 Å². The van der Waals surface area contributed by atoms with Crippen molar-refractivity contribution in [3.05, 3.63) is 50.9 Å². The molecule has 0 aromatic heterocycles. The van der Waals surface area contributed by atoms with Crippen LogP contribution in [0.25, 0.3) is 0 Å². The molecule has 0 aliphatic heterocycles. The normalized spacial score (nSPS) is 22.0. The quantitative estimate of drug-likeness (QED) is 0.761. The van der Waals surface area contributed by atoms with Crippen LogP contribution in [0.4, 0.5) is 0 Å². The molecule has 2 aliphatic carbocycles. The third-order valence-corrected chi connectivity index (χ3v) is 19.1. The number of rotatable bonds is 5. The summed E-state index contributed by atoms with van der Waals surface area (Å²) in [7, 11) is 0. The Hall–Kier alpha value is -0.899. The Balaban J connectivity index is 1.93. The van der Waals surface area contributed by atoms with E-state index in [0.717, 1.165) is 12.8 Å². The van der Waals surface area contributed by atoms with Crippen molar-refractivity contribution in [1.82, 2.24) is 3.80 Å². The van der Waals surface area contributed by atoms with Gasteiger partial charge in [0.25, 0.3) is 0 Å². The van der Waals surface area contributed by atoms with Crippen LogP contribution in [0.15, 0.2) is 50.9 Å². The zero-order valence-corrected chi connectivity index (χ0v) is 18.9. The topological polar surface area (TPSA) is 29.1 Å². The fourth-order valence-corrected chi connectivity index (χ4v) is 16.9. The Bertz CT molecular complexity index is 721. The Morgan fingerprint density at radius 3 is 2.24 bits per heavy atom. The van der Waals surface area contributed by atoms with Gasteiger partial charge in [0.05, 0.1) is 0 Å². The molecule has 25 heavy (non-hydrogen) atoms. The number of hydrogen-bond donors (Lipinski definition) is 1. The van der Waals surface area contributed by atoms with Gasteiger partial charge < -0.3 is 0 Å². The van der Waals surface area contributed by atoms with Crippen LogP contribution < -0.4 is 8.99 Å². The molecule has 1 N–H and O–H groups in total. The van der Waals surface area contributed by atoms with Gasteiger partial charge in [-0.2, -0.15) is 0 Å². The first-order chi connectivity index (χ1) is 11.9. The molecule has 3 rings (SSSR count). The zero-order chi connectivity index (χ0) is 18.1. The van der Waals surface area contributed by atoms with Gasteiger partial charge in [-0.1, -0.05) is 0 Å². The van der Waals surface area contributed by atoms with Crippen molar-refractivity contribution in [3.63, 3.8) is 0 Å². The molecule has 1 fully saturated rings. The van der Waals surface area contributed by atoms with Crippen molar-refractivity contribution in [2.75, 3.05) is 0 Å². The van der Waals surface area contributed by atoms with Crippen LogP contribution in [0, 0.1) is 11.8 Å². The van der Waals surface area contributed by atoms with Crippen molar-refractivity contribution in [2.45, 2.75) is 53.5 Å². The van der Waals surface area contributed by atoms with Crippen LogP contribution in [0.2, 0.25) is 6.55 Å². The predicted molar refractivity (Wildman–Crippen MR) is 105 cm³/mol. The van der Waals surface area contributed by atoms with E-state index in [1.54, 1.807) is 3.88 Å². The first-order valence-electron chi connectivity index (χ1n) is 9.53. The van der Waals surface area contributed by atoms with Crippen molar-refractivity contribution < 1.29 is 22.2 Å². The molecule has 2 unspecified atom stereocenters. The first-order valence-corrected chi connectivity index (χ1v) is 16.1. The van der Waals surface area contributed by atoms with Gasteiger partial charge in [-0.25, -0.2) is 0 Å². The molecular weight excluding hydrogens is 358 g/mol. The van der Waals surface area contributed by atoms with Crippen LogP contribution >= 0.6 is 0 Å². The van der Waals surface area contributed by atoms with E-state index in [-0.39, 0.29) is 5.92 Å². The summed E-state index contributed by atoms with van der Waals surface area (Å²) in [5, 5.41) is 1.50. The Kier molecular flexibility index (Phi) is 5.87. The van der Waals surface area contributed by atoms with Crippen molar-refractivity contribution >= 4 is 17.8 Å². The summed E-state index contributed by atoms with van der Waals surface area (Å²) >= 11 is -1.86. The van der Waals surface area contributed by atoms with Crippen molar-refractivity contribution in [1.29, 1.82) is 0 Å². The van der Waals surface area contributed by atoms with Gasteiger partial charge in [-0.15, -0.1) is 0 Å². The molecular formula is C21H30NOSiTi. The summed E-state index contributed by atoms with van der Waals surface area (Å²) in [6.45, 7) is 10.4. The molecule has 1 aromatic rings. The minimum atomic E-state index is -1.86. The number of hydrogen-bond acceptors (Lipinski definition) is 1. The fourth-order valence-electron chi connectivity index (χ4n) is 4.02. The maximum atomic E-state index is 12.8. The number of carbonyl (C=O) groups excluding carboxylic acids is 1. The van der Waals surface area contributed by atoms with Gasteiger partial charge in [0.2, 0.25) is 0 Å². The van der Waals surface area contributed by atoms with E-state index in [9.17, 15) is 4.79 Å². The van der Waals surface area contributed by atoms with Crippen LogP contribution in [0.3, 0.4) is 0 Å². The van der Waals surface area contributed by atoms with Gasteiger partial charge in [0.1, 0.15) is 0 Å². The van der Waals surface area contributed by atoms with Gasteiger partial charge in [-0.05, 0) is 0 Å². The summed E-state index contributed by atoms with van der Waals surface area (Å²) in [5.74, 6) is 1.15. The first kappa shape index (κ1) is 18.9. The molecule has 1 aromatic carbocycles. The summed E-state index contributed by atoms with van der Waals surface area (Å²) < 4.78 is 5.30. The van der Waals surface area contributed by atoms with Gasteiger partial charge in [0, 0.05) is 0 Å². The van der Waals surface area contributed by atoms with E-state index in [2.05, 4.69) is 68.4 Å². The van der Waals surface area contributed by atoms with Crippen LogP contribution in [-0.4, -0.2) is 12.6 Å². The van der Waals surface area contributed by atoms with E-state index in [1.807, 2.05) is 0 Å². The number of amides is 1. The summed E-state index contributed by atoms with van der Waals surface area (Å²) in [4.78, 5) is 12.8. The summed E-state index contributed by atoms with van der Waals surface area (Å²) in [6.07, 6.45) is 3.39. The van der Waals surface area contributed by atoms with Crippen molar-refractivity contribution in [2.24, 2.45) is 11.8 Å². The number of carbonyl (C=O) groups is 1. The maximum absolute atomic E-state index is 12.8. The molecule has 2 atom stereocenters. The summed E-state index contributed by atoms with van der Waals surface area (Å²) in [5.41, 5.74) is 4.44. The summed E-state index contributed by atoms with van der Waals surface area (Å²) in [6, 6.07) is 11.0. The molecule has 0 bridgehead atoms. The Labute approximate surface area is 159 Å². The second kappa shape index (κ2) is 7.77. The molecule has 1 amide bonds. The fraction of sp³-hybridized carbons (Fsp3) is 0.476. The zero-order valence-electron chi connectivity index (χ0n) is 16.1. The van der Waals surface area contributed by atoms with E-state index in [0.29, 0.717) is 11.8 Å². The number of nitrogens with one attached hydrogen (secondary N) is 1.